The van der Waals surface area contributed by atoms with Crippen molar-refractivity contribution in [1.82, 2.24) is 10.2 Å². The van der Waals surface area contributed by atoms with Crippen LogP contribution < -0.4 is 5.32 Å². The zero-order chi connectivity index (χ0) is 14.2. The molecule has 21 heavy (non-hydrogen) atoms. The molecule has 1 aromatic rings. The summed E-state index contributed by atoms with van der Waals surface area (Å²) in [4.78, 5) is 14.0. The third kappa shape index (κ3) is 6.04. The minimum absolute atomic E-state index is 0. The normalized spacial score (nSPS) is 15.6. The summed E-state index contributed by atoms with van der Waals surface area (Å²) in [6, 6.07) is 9.95. The van der Waals surface area contributed by atoms with Crippen LogP contribution in [0.1, 0.15) is 18.4 Å². The largest absolute Gasteiger partial charge is 0.367 e. The Balaban J connectivity index is 0.00000220. The highest BCUT2D eigenvalue weighted by molar-refractivity contribution is 5.85. The Morgan fingerprint density at radius 3 is 2.57 bits per heavy atom. The van der Waals surface area contributed by atoms with E-state index in [0.29, 0.717) is 12.5 Å². The van der Waals surface area contributed by atoms with Gasteiger partial charge in [-0.15, -0.1) is 12.4 Å². The zero-order valence-corrected chi connectivity index (χ0v) is 13.4. The third-order valence-electron chi connectivity index (χ3n) is 3.80. The van der Waals surface area contributed by atoms with Gasteiger partial charge in [0.05, 0.1) is 6.61 Å². The first-order valence-corrected chi connectivity index (χ1v) is 7.33. The first-order chi connectivity index (χ1) is 9.79. The van der Waals surface area contributed by atoms with Gasteiger partial charge in [0, 0.05) is 13.1 Å². The van der Waals surface area contributed by atoms with Crippen LogP contribution >= 0.6 is 12.4 Å². The van der Waals surface area contributed by atoms with Crippen LogP contribution in [-0.4, -0.2) is 44.1 Å². The molecule has 1 amide bonds. The van der Waals surface area contributed by atoms with Gasteiger partial charge in [0.25, 0.3) is 0 Å². The predicted octanol–water partition coefficient (Wildman–Crippen LogP) is 2.08. The number of hydrogen-bond donors (Lipinski definition) is 1. The monoisotopic (exact) mass is 312 g/mol. The SMILES string of the molecule is CNCC1CCN(C(=O)COCc2ccccc2)CC1.Cl. The third-order valence-corrected chi connectivity index (χ3v) is 3.80. The number of piperidine rings is 1. The van der Waals surface area contributed by atoms with Crippen molar-refractivity contribution in [2.24, 2.45) is 5.92 Å². The van der Waals surface area contributed by atoms with Crippen LogP contribution in [0.2, 0.25) is 0 Å². The fourth-order valence-corrected chi connectivity index (χ4v) is 2.60. The summed E-state index contributed by atoms with van der Waals surface area (Å²) in [5.41, 5.74) is 1.10. The molecule has 1 aliphatic heterocycles. The van der Waals surface area contributed by atoms with Gasteiger partial charge in [0.2, 0.25) is 5.91 Å². The highest BCUT2D eigenvalue weighted by Gasteiger charge is 2.22. The van der Waals surface area contributed by atoms with Crippen LogP contribution in [0.5, 0.6) is 0 Å². The van der Waals surface area contributed by atoms with E-state index in [1.165, 1.54) is 0 Å². The molecule has 0 bridgehead atoms. The molecule has 0 aromatic heterocycles. The number of nitrogens with zero attached hydrogens (tertiary/aromatic N) is 1. The first kappa shape index (κ1) is 18.0. The molecule has 1 aromatic carbocycles. The lowest BCUT2D eigenvalue weighted by atomic mass is 9.97. The number of halogens is 1. The Morgan fingerprint density at radius 1 is 1.29 bits per heavy atom. The van der Waals surface area contributed by atoms with Gasteiger partial charge in [-0.3, -0.25) is 4.79 Å². The van der Waals surface area contributed by atoms with Crippen LogP contribution in [0.25, 0.3) is 0 Å². The summed E-state index contributed by atoms with van der Waals surface area (Å²) in [6.07, 6.45) is 2.18. The highest BCUT2D eigenvalue weighted by atomic mass is 35.5. The van der Waals surface area contributed by atoms with Crippen molar-refractivity contribution in [3.63, 3.8) is 0 Å². The summed E-state index contributed by atoms with van der Waals surface area (Å²) in [6.45, 7) is 3.46. The molecule has 0 atom stereocenters. The second-order valence-electron chi connectivity index (χ2n) is 5.36. The molecule has 5 heteroatoms. The van der Waals surface area contributed by atoms with Crippen molar-refractivity contribution in [1.29, 1.82) is 0 Å². The number of likely N-dealkylation sites (tertiary alicyclic amines) is 1. The quantitative estimate of drug-likeness (QED) is 0.874. The Kier molecular flexibility index (Phi) is 8.35. The van der Waals surface area contributed by atoms with Gasteiger partial charge in [-0.05, 0) is 37.9 Å². The Morgan fingerprint density at radius 2 is 1.95 bits per heavy atom. The second kappa shape index (κ2) is 9.77. The van der Waals surface area contributed by atoms with E-state index in [4.69, 9.17) is 4.74 Å². The maximum Gasteiger partial charge on any atom is 0.248 e. The summed E-state index contributed by atoms with van der Waals surface area (Å²) in [5, 5.41) is 3.21. The van der Waals surface area contributed by atoms with Gasteiger partial charge in [-0.1, -0.05) is 30.3 Å². The maximum absolute atomic E-state index is 12.0. The molecule has 0 unspecified atom stereocenters. The number of nitrogens with one attached hydrogen (secondary N) is 1. The van der Waals surface area contributed by atoms with Crippen molar-refractivity contribution in [2.45, 2.75) is 19.4 Å². The molecular weight excluding hydrogens is 288 g/mol. The molecule has 1 saturated heterocycles. The Labute approximate surface area is 133 Å². The van der Waals surface area contributed by atoms with Crippen LogP contribution in [0.15, 0.2) is 30.3 Å². The van der Waals surface area contributed by atoms with Gasteiger partial charge in [-0.25, -0.2) is 0 Å². The topological polar surface area (TPSA) is 41.6 Å². The number of amides is 1. The van der Waals surface area contributed by atoms with E-state index < -0.39 is 0 Å². The van der Waals surface area contributed by atoms with Gasteiger partial charge < -0.3 is 15.0 Å². The van der Waals surface area contributed by atoms with Crippen molar-refractivity contribution in [3.05, 3.63) is 35.9 Å². The molecule has 1 N–H and O–H groups in total. The van der Waals surface area contributed by atoms with Crippen molar-refractivity contribution >= 4 is 18.3 Å². The van der Waals surface area contributed by atoms with Gasteiger partial charge >= 0.3 is 0 Å². The number of ether oxygens (including phenoxy) is 1. The number of benzene rings is 1. The number of hydrogen-bond acceptors (Lipinski definition) is 3. The van der Waals surface area contributed by atoms with Gasteiger partial charge in [0.1, 0.15) is 6.61 Å². The van der Waals surface area contributed by atoms with E-state index in [1.54, 1.807) is 0 Å². The average molecular weight is 313 g/mol. The van der Waals surface area contributed by atoms with Gasteiger partial charge in [-0.2, -0.15) is 0 Å². The van der Waals surface area contributed by atoms with Crippen molar-refractivity contribution in [3.8, 4) is 0 Å². The molecule has 0 saturated carbocycles. The minimum atomic E-state index is 0. The minimum Gasteiger partial charge on any atom is -0.367 e. The number of rotatable bonds is 6. The van der Waals surface area contributed by atoms with Crippen LogP contribution in [0.3, 0.4) is 0 Å². The molecule has 118 valence electrons. The highest BCUT2D eigenvalue weighted by Crippen LogP contribution is 2.16. The van der Waals surface area contributed by atoms with Gasteiger partial charge in [0.15, 0.2) is 0 Å². The average Bonchev–Trinajstić information content (AvgIpc) is 2.49. The Hall–Kier alpha value is -1.10. The fourth-order valence-electron chi connectivity index (χ4n) is 2.60. The molecule has 2 rings (SSSR count). The molecular formula is C16H25ClN2O2. The summed E-state index contributed by atoms with van der Waals surface area (Å²) >= 11 is 0. The lowest BCUT2D eigenvalue weighted by Gasteiger charge is -2.31. The summed E-state index contributed by atoms with van der Waals surface area (Å²) in [5.74, 6) is 0.818. The molecule has 0 spiro atoms. The summed E-state index contributed by atoms with van der Waals surface area (Å²) in [7, 11) is 1.98. The first-order valence-electron chi connectivity index (χ1n) is 7.33. The van der Waals surface area contributed by atoms with Crippen molar-refractivity contribution < 1.29 is 9.53 Å². The molecule has 1 fully saturated rings. The van der Waals surface area contributed by atoms with Crippen LogP contribution in [0, 0.1) is 5.92 Å². The van der Waals surface area contributed by atoms with E-state index in [1.807, 2.05) is 42.3 Å². The lowest BCUT2D eigenvalue weighted by molar-refractivity contribution is -0.137. The maximum atomic E-state index is 12.0. The number of carbonyl (C=O) groups excluding carboxylic acids is 1. The molecule has 1 heterocycles. The van der Waals surface area contributed by atoms with E-state index >= 15 is 0 Å². The summed E-state index contributed by atoms with van der Waals surface area (Å²) < 4.78 is 5.51. The van der Waals surface area contributed by atoms with Crippen LogP contribution in [-0.2, 0) is 16.1 Å². The predicted molar refractivity (Wildman–Crippen MR) is 86.6 cm³/mol. The second-order valence-corrected chi connectivity index (χ2v) is 5.36. The molecule has 0 aliphatic carbocycles. The van der Waals surface area contributed by atoms with Crippen molar-refractivity contribution in [2.75, 3.05) is 33.3 Å². The smallest absolute Gasteiger partial charge is 0.248 e. The van der Waals surface area contributed by atoms with Crippen LogP contribution in [0.4, 0.5) is 0 Å². The van der Waals surface area contributed by atoms with E-state index in [2.05, 4.69) is 5.32 Å². The fraction of sp³-hybridized carbons (Fsp3) is 0.562. The lowest BCUT2D eigenvalue weighted by Crippen LogP contribution is -2.42. The standard InChI is InChI=1S/C16H24N2O2.ClH/c1-17-11-14-7-9-18(10-8-14)16(19)13-20-12-15-5-3-2-4-6-15;/h2-6,14,17H,7-13H2,1H3;1H. The van der Waals surface area contributed by atoms with E-state index in [0.717, 1.165) is 38.0 Å². The molecule has 4 nitrogen and oxygen atoms in total. The zero-order valence-electron chi connectivity index (χ0n) is 12.6. The van der Waals surface area contributed by atoms with E-state index in [9.17, 15) is 4.79 Å². The van der Waals surface area contributed by atoms with E-state index in [-0.39, 0.29) is 24.9 Å². The molecule has 1 aliphatic rings. The Bertz CT molecular complexity index is 406. The number of carbonyl (C=O) groups is 1. The molecule has 0 radical (unpaired) electrons.